The van der Waals surface area contributed by atoms with Crippen molar-refractivity contribution in [3.05, 3.63) is 71.8 Å². The third-order valence-corrected chi connectivity index (χ3v) is 8.82. The van der Waals surface area contributed by atoms with E-state index in [1.807, 2.05) is 74.5 Å². The molecule has 0 N–H and O–H groups in total. The maximum atomic E-state index is 13.3. The largest absolute Gasteiger partial charge is 0.289 e. The maximum absolute atomic E-state index is 13.3. The van der Waals surface area contributed by atoms with E-state index in [1.54, 1.807) is 9.80 Å². The zero-order valence-corrected chi connectivity index (χ0v) is 19.7. The summed E-state index contributed by atoms with van der Waals surface area (Å²) in [5.74, 6) is -0.242. The highest BCUT2D eigenvalue weighted by molar-refractivity contribution is 8.27. The summed E-state index contributed by atoms with van der Waals surface area (Å²) in [4.78, 5) is 29.9. The van der Waals surface area contributed by atoms with Gasteiger partial charge in [-0.05, 0) is 25.0 Å². The van der Waals surface area contributed by atoms with Crippen molar-refractivity contribution in [2.24, 2.45) is 0 Å². The van der Waals surface area contributed by atoms with E-state index in [4.69, 9.17) is 24.4 Å². The molecule has 154 valence electrons. The van der Waals surface area contributed by atoms with Gasteiger partial charge in [-0.15, -0.1) is 0 Å². The number of rotatable bonds is 5. The number of amides is 2. The normalized spacial score (nSPS) is 23.9. The molecular weight excluding hydrogens is 453 g/mol. The average Bonchev–Trinajstić information content (AvgIpc) is 3.22. The first-order chi connectivity index (χ1) is 14.4. The van der Waals surface area contributed by atoms with Crippen LogP contribution in [0.1, 0.15) is 37.1 Å². The summed E-state index contributed by atoms with van der Waals surface area (Å²) in [6, 6.07) is 19.2. The van der Waals surface area contributed by atoms with Crippen molar-refractivity contribution >= 4 is 68.4 Å². The molecule has 2 aromatic carbocycles. The van der Waals surface area contributed by atoms with Crippen LogP contribution in [0.4, 0.5) is 0 Å². The summed E-state index contributed by atoms with van der Waals surface area (Å²) in [6.07, 6.45) is 0. The van der Waals surface area contributed by atoms with Crippen LogP contribution < -0.4 is 0 Å². The Morgan fingerprint density at radius 2 is 1.03 bits per heavy atom. The van der Waals surface area contributed by atoms with Gasteiger partial charge in [-0.2, -0.15) is 0 Å². The SMILES string of the molecule is CC(c1ccccc1)N1C(=O)C(C2SC(=S)N(C(C)c3ccccc3)C2=O)SC1=S. The summed E-state index contributed by atoms with van der Waals surface area (Å²) in [6.45, 7) is 3.92. The first-order valence-corrected chi connectivity index (χ1v) is 12.1. The van der Waals surface area contributed by atoms with Gasteiger partial charge in [0.1, 0.15) is 19.1 Å². The quantitative estimate of drug-likeness (QED) is 0.573. The van der Waals surface area contributed by atoms with Crippen molar-refractivity contribution in [2.75, 3.05) is 0 Å². The standard InChI is InChI=1S/C22H20N2O2S4/c1-13(15-9-5-3-6-10-15)23-19(25)17(29-21(23)27)18-20(26)24(22(28)30-18)14(2)16-11-7-4-8-12-16/h3-14,17-18H,1-2H3. The van der Waals surface area contributed by atoms with Gasteiger partial charge < -0.3 is 0 Å². The van der Waals surface area contributed by atoms with Crippen LogP contribution in [0.25, 0.3) is 0 Å². The highest BCUT2D eigenvalue weighted by Crippen LogP contribution is 2.44. The van der Waals surface area contributed by atoms with E-state index in [9.17, 15) is 9.59 Å². The smallest absolute Gasteiger partial charge is 0.243 e. The van der Waals surface area contributed by atoms with Gasteiger partial charge in [-0.3, -0.25) is 19.4 Å². The molecule has 0 saturated carbocycles. The van der Waals surface area contributed by atoms with Gasteiger partial charge in [0.2, 0.25) is 11.8 Å². The third-order valence-electron chi connectivity index (χ3n) is 5.42. The molecule has 2 aromatic rings. The fourth-order valence-electron chi connectivity index (χ4n) is 3.73. The summed E-state index contributed by atoms with van der Waals surface area (Å²) in [5, 5.41) is -1.13. The molecule has 4 nitrogen and oxygen atoms in total. The predicted octanol–water partition coefficient (Wildman–Crippen LogP) is 4.97. The molecule has 0 radical (unpaired) electrons. The lowest BCUT2D eigenvalue weighted by atomic mass is 10.1. The van der Waals surface area contributed by atoms with E-state index in [2.05, 4.69) is 0 Å². The molecule has 2 saturated heterocycles. The van der Waals surface area contributed by atoms with Crippen LogP contribution in [0.3, 0.4) is 0 Å². The van der Waals surface area contributed by atoms with Gasteiger partial charge in [0.15, 0.2) is 0 Å². The van der Waals surface area contributed by atoms with E-state index in [0.29, 0.717) is 8.64 Å². The van der Waals surface area contributed by atoms with Gasteiger partial charge in [-0.1, -0.05) is 109 Å². The molecule has 2 fully saturated rings. The predicted molar refractivity (Wildman–Crippen MR) is 131 cm³/mol. The second-order valence-corrected chi connectivity index (χ2v) is 10.7. The number of hydrogen-bond donors (Lipinski definition) is 0. The first-order valence-electron chi connectivity index (χ1n) is 9.57. The number of carbonyl (C=O) groups excluding carboxylic acids is 2. The second kappa shape index (κ2) is 8.78. The maximum Gasteiger partial charge on any atom is 0.243 e. The van der Waals surface area contributed by atoms with E-state index in [1.165, 1.54) is 23.5 Å². The van der Waals surface area contributed by atoms with Gasteiger partial charge in [0.25, 0.3) is 0 Å². The molecule has 30 heavy (non-hydrogen) atoms. The van der Waals surface area contributed by atoms with Crippen LogP contribution in [-0.2, 0) is 9.59 Å². The van der Waals surface area contributed by atoms with E-state index in [0.717, 1.165) is 11.1 Å². The number of carbonyl (C=O) groups is 2. The molecule has 0 spiro atoms. The fourth-order valence-corrected chi connectivity index (χ4v) is 7.25. The fraction of sp³-hybridized carbons (Fsp3) is 0.273. The van der Waals surface area contributed by atoms with Gasteiger partial charge in [0, 0.05) is 0 Å². The van der Waals surface area contributed by atoms with Gasteiger partial charge >= 0.3 is 0 Å². The van der Waals surface area contributed by atoms with Crippen LogP contribution in [0.2, 0.25) is 0 Å². The molecule has 4 rings (SSSR count). The topological polar surface area (TPSA) is 40.6 Å². The molecule has 4 atom stereocenters. The lowest BCUT2D eigenvalue weighted by Crippen LogP contribution is -2.41. The van der Waals surface area contributed by atoms with Crippen molar-refractivity contribution in [3.63, 3.8) is 0 Å². The van der Waals surface area contributed by atoms with Crippen molar-refractivity contribution in [3.8, 4) is 0 Å². The zero-order chi connectivity index (χ0) is 21.4. The summed E-state index contributed by atoms with van der Waals surface area (Å²) < 4.78 is 1.02. The molecular formula is C22H20N2O2S4. The first kappa shape index (κ1) is 21.5. The van der Waals surface area contributed by atoms with Crippen molar-refractivity contribution in [1.82, 2.24) is 9.80 Å². The number of benzene rings is 2. The van der Waals surface area contributed by atoms with Crippen LogP contribution in [-0.4, -0.2) is 40.8 Å². The van der Waals surface area contributed by atoms with Crippen molar-refractivity contribution < 1.29 is 9.59 Å². The zero-order valence-electron chi connectivity index (χ0n) is 16.4. The summed E-state index contributed by atoms with van der Waals surface area (Å²) in [5.41, 5.74) is 2.02. The van der Waals surface area contributed by atoms with Crippen LogP contribution in [0, 0.1) is 0 Å². The minimum Gasteiger partial charge on any atom is -0.289 e. The minimum absolute atomic E-state index is 0.121. The molecule has 2 amide bonds. The molecule has 2 heterocycles. The highest BCUT2D eigenvalue weighted by atomic mass is 32.2. The molecule has 0 bridgehead atoms. The Morgan fingerprint density at radius 3 is 1.37 bits per heavy atom. The molecule has 0 aromatic heterocycles. The van der Waals surface area contributed by atoms with E-state index in [-0.39, 0.29) is 23.9 Å². The lowest BCUT2D eigenvalue weighted by molar-refractivity contribution is -0.132. The number of thioether (sulfide) groups is 2. The number of thiocarbonyl (C=S) groups is 2. The Morgan fingerprint density at radius 1 is 0.700 bits per heavy atom. The number of nitrogens with zero attached hydrogens (tertiary/aromatic N) is 2. The van der Waals surface area contributed by atoms with Crippen molar-refractivity contribution in [2.45, 2.75) is 36.4 Å². The highest BCUT2D eigenvalue weighted by Gasteiger charge is 2.52. The molecule has 4 unspecified atom stereocenters. The van der Waals surface area contributed by atoms with Crippen molar-refractivity contribution in [1.29, 1.82) is 0 Å². The Hall–Kier alpha value is -1.74. The third kappa shape index (κ3) is 3.82. The van der Waals surface area contributed by atoms with Crippen LogP contribution >= 0.6 is 48.0 Å². The average molecular weight is 473 g/mol. The minimum atomic E-state index is -0.563. The molecule has 0 aliphatic carbocycles. The Kier molecular flexibility index (Phi) is 6.29. The Balaban J connectivity index is 1.55. The monoisotopic (exact) mass is 472 g/mol. The van der Waals surface area contributed by atoms with Crippen LogP contribution in [0.15, 0.2) is 60.7 Å². The lowest BCUT2D eigenvalue weighted by Gasteiger charge is -2.25. The Labute approximate surface area is 195 Å². The van der Waals surface area contributed by atoms with Crippen LogP contribution in [0.5, 0.6) is 0 Å². The summed E-state index contributed by atoms with van der Waals surface area (Å²) >= 11 is 13.7. The van der Waals surface area contributed by atoms with E-state index >= 15 is 0 Å². The molecule has 2 aliphatic heterocycles. The van der Waals surface area contributed by atoms with Gasteiger partial charge in [-0.25, -0.2) is 0 Å². The second-order valence-electron chi connectivity index (χ2n) is 7.20. The summed E-state index contributed by atoms with van der Waals surface area (Å²) in [7, 11) is 0. The Bertz CT molecular complexity index is 917. The van der Waals surface area contributed by atoms with E-state index < -0.39 is 10.5 Å². The molecule has 2 aliphatic rings. The molecule has 8 heteroatoms. The number of hydrogen-bond acceptors (Lipinski definition) is 6. The van der Waals surface area contributed by atoms with Gasteiger partial charge in [0.05, 0.1) is 12.1 Å².